The molecule has 0 aliphatic rings. The van der Waals surface area contributed by atoms with Gasteiger partial charge in [0.05, 0.1) is 4.90 Å². The fourth-order valence-electron chi connectivity index (χ4n) is 1.09. The number of amides is 1. The van der Waals surface area contributed by atoms with Crippen LogP contribution in [0.15, 0.2) is 29.2 Å². The molecule has 0 atom stereocenters. The van der Waals surface area contributed by atoms with Crippen molar-refractivity contribution in [2.45, 2.75) is 31.3 Å². The molecule has 0 fully saturated rings. The normalized spacial score (nSPS) is 12.0. The van der Waals surface area contributed by atoms with Gasteiger partial charge in [-0.15, -0.1) is 4.83 Å². The zero-order valence-electron chi connectivity index (χ0n) is 10.7. The van der Waals surface area contributed by atoms with Gasteiger partial charge in [-0.05, 0) is 45.0 Å². The monoisotopic (exact) mass is 306 g/mol. The van der Waals surface area contributed by atoms with Gasteiger partial charge in [-0.1, -0.05) is 11.6 Å². The summed E-state index contributed by atoms with van der Waals surface area (Å²) in [6, 6.07) is 5.51. The summed E-state index contributed by atoms with van der Waals surface area (Å²) in [5.74, 6) is 0. The Morgan fingerprint density at radius 2 is 1.74 bits per heavy atom. The fourth-order valence-corrected chi connectivity index (χ4v) is 2.04. The fraction of sp³-hybridized carbons (Fsp3) is 0.364. The van der Waals surface area contributed by atoms with Gasteiger partial charge in [0.15, 0.2) is 0 Å². The number of carbonyl (C=O) groups excluding carboxylic acids is 1. The highest BCUT2D eigenvalue weighted by atomic mass is 35.5. The van der Waals surface area contributed by atoms with E-state index >= 15 is 0 Å². The number of sulfonamides is 1. The number of rotatable bonds is 3. The summed E-state index contributed by atoms with van der Waals surface area (Å²) in [7, 11) is -3.85. The molecule has 19 heavy (non-hydrogen) atoms. The van der Waals surface area contributed by atoms with Gasteiger partial charge in [0, 0.05) is 5.02 Å². The SMILES string of the molecule is CC(C)(C)OC(=O)NNS(=O)(=O)c1ccc(Cl)cc1. The number of hydrazine groups is 1. The van der Waals surface area contributed by atoms with Crippen molar-refractivity contribution in [3.05, 3.63) is 29.3 Å². The van der Waals surface area contributed by atoms with Gasteiger partial charge in [0.2, 0.25) is 0 Å². The van der Waals surface area contributed by atoms with Crippen LogP contribution in [0.3, 0.4) is 0 Å². The molecular weight excluding hydrogens is 292 g/mol. The quantitative estimate of drug-likeness (QED) is 0.837. The Morgan fingerprint density at radius 1 is 1.21 bits per heavy atom. The molecule has 8 heteroatoms. The van der Waals surface area contributed by atoms with Crippen LogP contribution in [0.4, 0.5) is 4.79 Å². The summed E-state index contributed by atoms with van der Waals surface area (Å²) in [4.78, 5) is 13.2. The van der Waals surface area contributed by atoms with Crippen molar-refractivity contribution in [1.82, 2.24) is 10.3 Å². The average molecular weight is 307 g/mol. The van der Waals surface area contributed by atoms with Crippen LogP contribution in [-0.2, 0) is 14.8 Å². The van der Waals surface area contributed by atoms with Crippen LogP contribution in [0.5, 0.6) is 0 Å². The van der Waals surface area contributed by atoms with E-state index in [0.717, 1.165) is 0 Å². The van der Waals surface area contributed by atoms with Gasteiger partial charge < -0.3 is 4.74 Å². The molecule has 1 amide bonds. The van der Waals surface area contributed by atoms with Crippen LogP contribution in [-0.4, -0.2) is 20.1 Å². The molecule has 2 N–H and O–H groups in total. The minimum atomic E-state index is -3.85. The molecule has 0 heterocycles. The zero-order valence-corrected chi connectivity index (χ0v) is 12.3. The topological polar surface area (TPSA) is 84.5 Å². The summed E-state index contributed by atoms with van der Waals surface area (Å²) in [5.41, 5.74) is 1.25. The number of benzene rings is 1. The van der Waals surface area contributed by atoms with Crippen LogP contribution < -0.4 is 10.3 Å². The second-order valence-corrected chi connectivity index (χ2v) is 6.81. The molecule has 1 aromatic carbocycles. The largest absolute Gasteiger partial charge is 0.443 e. The average Bonchev–Trinajstić information content (AvgIpc) is 2.25. The second-order valence-electron chi connectivity index (χ2n) is 4.69. The number of nitrogens with one attached hydrogen (secondary N) is 2. The molecule has 0 aliphatic carbocycles. The molecule has 6 nitrogen and oxygen atoms in total. The van der Waals surface area contributed by atoms with Gasteiger partial charge in [-0.2, -0.15) is 0 Å². The van der Waals surface area contributed by atoms with Crippen LogP contribution >= 0.6 is 11.6 Å². The van der Waals surface area contributed by atoms with Crippen LogP contribution in [0.1, 0.15) is 20.8 Å². The van der Waals surface area contributed by atoms with Gasteiger partial charge in [-0.3, -0.25) is 0 Å². The Bertz CT molecular complexity index is 549. The minimum Gasteiger partial charge on any atom is -0.443 e. The highest BCUT2D eigenvalue weighted by molar-refractivity contribution is 7.89. The molecule has 1 aromatic rings. The second kappa shape index (κ2) is 5.77. The first-order valence-corrected chi connectivity index (χ1v) is 7.23. The smallest absolute Gasteiger partial charge is 0.423 e. The number of hydrogen-bond acceptors (Lipinski definition) is 4. The van der Waals surface area contributed by atoms with Crippen molar-refractivity contribution in [3.63, 3.8) is 0 Å². The molecule has 106 valence electrons. The molecule has 0 aromatic heterocycles. The minimum absolute atomic E-state index is 0.0204. The standard InChI is InChI=1S/C11H15ClN2O4S/c1-11(2,3)18-10(15)13-14-19(16,17)9-6-4-8(12)5-7-9/h4-7,14H,1-3H3,(H,13,15). The highest BCUT2D eigenvalue weighted by Gasteiger charge is 2.19. The van der Waals surface area contributed by atoms with Gasteiger partial charge in [-0.25, -0.2) is 18.6 Å². The first kappa shape index (κ1) is 15.7. The zero-order chi connectivity index (χ0) is 14.7. The number of halogens is 1. The highest BCUT2D eigenvalue weighted by Crippen LogP contribution is 2.13. The van der Waals surface area contributed by atoms with Gasteiger partial charge in [0.1, 0.15) is 5.60 Å². The third kappa shape index (κ3) is 5.46. The van der Waals surface area contributed by atoms with E-state index in [1.165, 1.54) is 24.3 Å². The third-order valence-corrected chi connectivity index (χ3v) is 3.33. The Morgan fingerprint density at radius 3 is 2.21 bits per heavy atom. The van der Waals surface area contributed by atoms with E-state index in [4.69, 9.17) is 16.3 Å². The Balaban J connectivity index is 2.66. The van der Waals surface area contributed by atoms with Crippen LogP contribution in [0, 0.1) is 0 Å². The summed E-state index contributed by atoms with van der Waals surface area (Å²) in [6.07, 6.45) is -0.884. The van der Waals surface area contributed by atoms with Gasteiger partial charge in [0.25, 0.3) is 10.0 Å². The van der Waals surface area contributed by atoms with E-state index in [-0.39, 0.29) is 4.90 Å². The first-order valence-electron chi connectivity index (χ1n) is 5.36. The lowest BCUT2D eigenvalue weighted by Crippen LogP contribution is -2.44. The van der Waals surface area contributed by atoms with Crippen LogP contribution in [0.2, 0.25) is 5.02 Å². The van der Waals surface area contributed by atoms with E-state index < -0.39 is 21.7 Å². The summed E-state index contributed by atoms with van der Waals surface area (Å²) in [5, 5.41) is 0.416. The number of ether oxygens (including phenoxy) is 1. The molecule has 0 unspecified atom stereocenters. The molecule has 0 spiro atoms. The summed E-state index contributed by atoms with van der Waals surface area (Å²) in [6.45, 7) is 5.00. The Hall–Kier alpha value is -1.31. The number of carbonyl (C=O) groups is 1. The molecule has 1 rings (SSSR count). The van der Waals surface area contributed by atoms with Crippen molar-refractivity contribution in [2.75, 3.05) is 0 Å². The van der Waals surface area contributed by atoms with E-state index in [1.807, 2.05) is 10.3 Å². The summed E-state index contributed by atoms with van der Waals surface area (Å²) >= 11 is 5.66. The molecule has 0 aliphatic heterocycles. The van der Waals surface area contributed by atoms with E-state index in [0.29, 0.717) is 5.02 Å². The lowest BCUT2D eigenvalue weighted by molar-refractivity contribution is 0.0515. The molecule has 0 bridgehead atoms. The van der Waals surface area contributed by atoms with E-state index in [2.05, 4.69) is 0 Å². The van der Waals surface area contributed by atoms with E-state index in [9.17, 15) is 13.2 Å². The van der Waals surface area contributed by atoms with Crippen molar-refractivity contribution in [3.8, 4) is 0 Å². The first-order chi connectivity index (χ1) is 8.60. The molecule has 0 saturated heterocycles. The Labute approximate surface area is 117 Å². The molecular formula is C11H15ClN2O4S. The van der Waals surface area contributed by atoms with Crippen LogP contribution in [0.25, 0.3) is 0 Å². The van der Waals surface area contributed by atoms with Crippen molar-refractivity contribution < 1.29 is 17.9 Å². The predicted molar refractivity (Wildman–Crippen MR) is 71.1 cm³/mol. The van der Waals surface area contributed by atoms with E-state index in [1.54, 1.807) is 20.8 Å². The maximum atomic E-state index is 11.8. The Kier molecular flexibility index (Phi) is 4.78. The lowest BCUT2D eigenvalue weighted by Gasteiger charge is -2.19. The molecule has 0 radical (unpaired) electrons. The van der Waals surface area contributed by atoms with Crippen molar-refractivity contribution in [2.24, 2.45) is 0 Å². The third-order valence-electron chi connectivity index (χ3n) is 1.81. The lowest BCUT2D eigenvalue weighted by atomic mass is 10.2. The summed E-state index contributed by atoms with van der Waals surface area (Å²) < 4.78 is 28.5. The van der Waals surface area contributed by atoms with Crippen molar-refractivity contribution >= 4 is 27.7 Å². The predicted octanol–water partition coefficient (Wildman–Crippen LogP) is 2.06. The van der Waals surface area contributed by atoms with Gasteiger partial charge >= 0.3 is 6.09 Å². The maximum Gasteiger partial charge on any atom is 0.423 e. The number of hydrogen-bond donors (Lipinski definition) is 2. The maximum absolute atomic E-state index is 11.8. The van der Waals surface area contributed by atoms with Crippen molar-refractivity contribution in [1.29, 1.82) is 0 Å². The molecule has 0 saturated carbocycles.